The van der Waals surface area contributed by atoms with Gasteiger partial charge in [-0.2, -0.15) is 11.3 Å². The quantitative estimate of drug-likeness (QED) is 0.635. The topological polar surface area (TPSA) is 80.3 Å². The Balaban J connectivity index is 2.45. The van der Waals surface area contributed by atoms with Gasteiger partial charge < -0.3 is 19.8 Å². The van der Waals surface area contributed by atoms with Gasteiger partial charge in [0.15, 0.2) is 0 Å². The largest absolute Gasteiger partial charge is 0.550 e. The van der Waals surface area contributed by atoms with Crippen LogP contribution < -0.4 is 10.2 Å². The summed E-state index contributed by atoms with van der Waals surface area (Å²) >= 11 is 1.52. The van der Waals surface area contributed by atoms with Crippen LogP contribution in [0.1, 0.15) is 18.4 Å². The minimum Gasteiger partial charge on any atom is -0.550 e. The molecule has 15 heavy (non-hydrogen) atoms. The van der Waals surface area contributed by atoms with Gasteiger partial charge in [0.2, 0.25) is 0 Å². The lowest BCUT2D eigenvalue weighted by Gasteiger charge is -2.17. The SMILES string of the molecule is O=C([O-])CC(CCc1ccsc1)C(=O)[O-]. The van der Waals surface area contributed by atoms with Gasteiger partial charge >= 0.3 is 0 Å². The van der Waals surface area contributed by atoms with Crippen LogP contribution in [0.2, 0.25) is 0 Å². The van der Waals surface area contributed by atoms with E-state index < -0.39 is 24.3 Å². The molecule has 0 amide bonds. The second kappa shape index (κ2) is 5.50. The number of carboxylic acids is 2. The molecule has 0 saturated heterocycles. The van der Waals surface area contributed by atoms with E-state index in [1.807, 2.05) is 16.8 Å². The summed E-state index contributed by atoms with van der Waals surface area (Å²) in [4.78, 5) is 20.9. The monoisotopic (exact) mass is 226 g/mol. The first kappa shape index (κ1) is 11.7. The Hall–Kier alpha value is -1.36. The van der Waals surface area contributed by atoms with E-state index in [2.05, 4.69) is 0 Å². The third kappa shape index (κ3) is 4.12. The zero-order valence-corrected chi connectivity index (χ0v) is 8.79. The number of carboxylic acid groups (broad SMARTS) is 2. The first-order chi connectivity index (χ1) is 7.09. The van der Waals surface area contributed by atoms with Crippen molar-refractivity contribution in [2.45, 2.75) is 19.3 Å². The van der Waals surface area contributed by atoms with Crippen molar-refractivity contribution in [1.29, 1.82) is 0 Å². The molecule has 1 heterocycles. The number of aliphatic carboxylic acids is 2. The molecule has 1 atom stereocenters. The second-order valence-electron chi connectivity index (χ2n) is 3.26. The van der Waals surface area contributed by atoms with Crippen LogP contribution in [-0.4, -0.2) is 11.9 Å². The van der Waals surface area contributed by atoms with E-state index >= 15 is 0 Å². The number of carbonyl (C=O) groups is 2. The maximum absolute atomic E-state index is 10.6. The smallest absolute Gasteiger partial charge is 0.0449 e. The molecule has 4 nitrogen and oxygen atoms in total. The van der Waals surface area contributed by atoms with Crippen LogP contribution >= 0.6 is 11.3 Å². The maximum atomic E-state index is 10.6. The summed E-state index contributed by atoms with van der Waals surface area (Å²) in [5.41, 5.74) is 1.02. The number of carbonyl (C=O) groups excluding carboxylic acids is 2. The normalized spacial score (nSPS) is 12.3. The Kier molecular flexibility index (Phi) is 4.30. The fraction of sp³-hybridized carbons (Fsp3) is 0.400. The van der Waals surface area contributed by atoms with Crippen molar-refractivity contribution in [2.24, 2.45) is 5.92 Å². The van der Waals surface area contributed by atoms with Crippen LogP contribution in [0.25, 0.3) is 0 Å². The highest BCUT2D eigenvalue weighted by Crippen LogP contribution is 2.14. The van der Waals surface area contributed by atoms with Gasteiger partial charge in [-0.1, -0.05) is 0 Å². The van der Waals surface area contributed by atoms with Gasteiger partial charge in [-0.15, -0.1) is 0 Å². The van der Waals surface area contributed by atoms with E-state index in [4.69, 9.17) is 0 Å². The summed E-state index contributed by atoms with van der Waals surface area (Å²) in [6.45, 7) is 0. The van der Waals surface area contributed by atoms with Crippen molar-refractivity contribution in [3.63, 3.8) is 0 Å². The van der Waals surface area contributed by atoms with Gasteiger partial charge in [-0.25, -0.2) is 0 Å². The summed E-state index contributed by atoms with van der Waals surface area (Å²) in [5, 5.41) is 24.7. The van der Waals surface area contributed by atoms with Crippen LogP contribution in [0, 0.1) is 5.92 Å². The lowest BCUT2D eigenvalue weighted by atomic mass is 9.98. The third-order valence-electron chi connectivity index (χ3n) is 2.11. The summed E-state index contributed by atoms with van der Waals surface area (Å²) in [5.74, 6) is -3.64. The van der Waals surface area contributed by atoms with Crippen LogP contribution in [0.5, 0.6) is 0 Å². The first-order valence-corrected chi connectivity index (χ1v) is 5.45. The number of rotatable bonds is 6. The molecular formula is C10H10O4S-2. The number of hydrogen-bond acceptors (Lipinski definition) is 5. The summed E-state index contributed by atoms with van der Waals surface area (Å²) in [7, 11) is 0. The third-order valence-corrected chi connectivity index (χ3v) is 2.84. The Morgan fingerprint density at radius 1 is 1.40 bits per heavy atom. The van der Waals surface area contributed by atoms with Crippen molar-refractivity contribution in [1.82, 2.24) is 0 Å². The number of hydrogen-bond donors (Lipinski definition) is 0. The molecule has 0 aromatic carbocycles. The fourth-order valence-corrected chi connectivity index (χ4v) is 1.98. The summed E-state index contributed by atoms with van der Waals surface area (Å²) < 4.78 is 0. The molecule has 0 aliphatic rings. The molecule has 0 spiro atoms. The molecular weight excluding hydrogens is 216 g/mol. The van der Waals surface area contributed by atoms with E-state index in [-0.39, 0.29) is 6.42 Å². The van der Waals surface area contributed by atoms with Gasteiger partial charge in [-0.05, 0) is 41.7 Å². The van der Waals surface area contributed by atoms with Gasteiger partial charge in [0, 0.05) is 17.9 Å². The molecule has 0 bridgehead atoms. The minimum atomic E-state index is -1.35. The van der Waals surface area contributed by atoms with Crippen LogP contribution in [0.4, 0.5) is 0 Å². The van der Waals surface area contributed by atoms with Gasteiger partial charge in [0.25, 0.3) is 0 Å². The standard InChI is InChI=1S/C10H12O4S/c11-9(12)5-8(10(13)14)2-1-7-3-4-15-6-7/h3-4,6,8H,1-2,5H2,(H,11,12)(H,13,14)/p-2. The lowest BCUT2D eigenvalue weighted by molar-refractivity contribution is -0.320. The molecule has 0 saturated carbocycles. The number of aryl methyl sites for hydroxylation is 1. The highest BCUT2D eigenvalue weighted by molar-refractivity contribution is 7.07. The maximum Gasteiger partial charge on any atom is 0.0449 e. The van der Waals surface area contributed by atoms with Crippen molar-refractivity contribution >= 4 is 23.3 Å². The Labute approximate surface area is 91.2 Å². The molecule has 5 heteroatoms. The van der Waals surface area contributed by atoms with Crippen molar-refractivity contribution < 1.29 is 19.8 Å². The predicted octanol–water partition coefficient (Wildman–Crippen LogP) is -0.813. The predicted molar refractivity (Wildman–Crippen MR) is 50.8 cm³/mol. The van der Waals surface area contributed by atoms with Crippen LogP contribution in [-0.2, 0) is 16.0 Å². The fourth-order valence-electron chi connectivity index (χ4n) is 1.28. The minimum absolute atomic E-state index is 0.271. The van der Waals surface area contributed by atoms with E-state index in [1.54, 1.807) is 0 Å². The average Bonchev–Trinajstić information content (AvgIpc) is 2.63. The second-order valence-corrected chi connectivity index (χ2v) is 4.04. The van der Waals surface area contributed by atoms with Gasteiger partial charge in [0.1, 0.15) is 0 Å². The van der Waals surface area contributed by atoms with E-state index in [0.717, 1.165) is 5.56 Å². The molecule has 0 radical (unpaired) electrons. The van der Waals surface area contributed by atoms with Crippen LogP contribution in [0.3, 0.4) is 0 Å². The highest BCUT2D eigenvalue weighted by atomic mass is 32.1. The van der Waals surface area contributed by atoms with Crippen molar-refractivity contribution in [3.8, 4) is 0 Å². The summed E-state index contributed by atoms with van der Waals surface area (Å²) in [6, 6.07) is 1.88. The Morgan fingerprint density at radius 3 is 2.60 bits per heavy atom. The zero-order chi connectivity index (χ0) is 11.3. The highest BCUT2D eigenvalue weighted by Gasteiger charge is 2.10. The first-order valence-electron chi connectivity index (χ1n) is 4.51. The van der Waals surface area contributed by atoms with Crippen molar-refractivity contribution in [3.05, 3.63) is 22.4 Å². The molecule has 1 aromatic heterocycles. The Morgan fingerprint density at radius 2 is 2.13 bits per heavy atom. The molecule has 0 N–H and O–H groups in total. The lowest BCUT2D eigenvalue weighted by Crippen LogP contribution is -2.36. The zero-order valence-electron chi connectivity index (χ0n) is 7.97. The molecule has 1 unspecified atom stereocenters. The molecule has 82 valence electrons. The van der Waals surface area contributed by atoms with E-state index in [0.29, 0.717) is 6.42 Å². The van der Waals surface area contributed by atoms with Gasteiger partial charge in [0.05, 0.1) is 0 Å². The van der Waals surface area contributed by atoms with E-state index in [9.17, 15) is 19.8 Å². The van der Waals surface area contributed by atoms with E-state index in [1.165, 1.54) is 11.3 Å². The Bertz CT molecular complexity index is 331. The van der Waals surface area contributed by atoms with Gasteiger partial charge in [-0.3, -0.25) is 0 Å². The molecule has 1 rings (SSSR count). The molecule has 0 fully saturated rings. The van der Waals surface area contributed by atoms with Crippen LogP contribution in [0.15, 0.2) is 16.8 Å². The average molecular weight is 226 g/mol. The number of thiophene rings is 1. The molecule has 0 aliphatic carbocycles. The van der Waals surface area contributed by atoms with Crippen molar-refractivity contribution in [2.75, 3.05) is 0 Å². The summed E-state index contributed by atoms with van der Waals surface area (Å²) in [6.07, 6.45) is 0.342. The molecule has 1 aromatic rings. The molecule has 0 aliphatic heterocycles.